The first-order valence-corrected chi connectivity index (χ1v) is 8.30. The molecule has 0 bridgehead atoms. The molecule has 2 unspecified atom stereocenters. The van der Waals surface area contributed by atoms with Crippen LogP contribution in [0.4, 0.5) is 0 Å². The molecule has 0 spiro atoms. The third-order valence-corrected chi connectivity index (χ3v) is 4.24. The molecule has 3 nitrogen and oxygen atoms in total. The van der Waals surface area contributed by atoms with Crippen molar-refractivity contribution >= 4 is 0 Å². The molecule has 2 rings (SSSR count). The Hall–Kier alpha value is -1.06. The van der Waals surface area contributed by atoms with E-state index in [0.717, 1.165) is 12.3 Å². The average molecular weight is 290 g/mol. The topological polar surface area (TPSA) is 24.5 Å². The molecular formula is C18H30N2O. The van der Waals surface area contributed by atoms with Crippen LogP contribution in [0.3, 0.4) is 0 Å². The molecule has 1 aromatic carbocycles. The van der Waals surface area contributed by atoms with Gasteiger partial charge in [0.05, 0.1) is 6.10 Å². The van der Waals surface area contributed by atoms with Crippen molar-refractivity contribution < 1.29 is 4.74 Å². The third kappa shape index (κ3) is 5.01. The van der Waals surface area contributed by atoms with Gasteiger partial charge in [-0.15, -0.1) is 0 Å². The first-order chi connectivity index (χ1) is 10.1. The van der Waals surface area contributed by atoms with Crippen LogP contribution in [-0.4, -0.2) is 36.7 Å². The predicted octanol–water partition coefficient (Wildman–Crippen LogP) is 3.61. The molecule has 0 amide bonds. The van der Waals surface area contributed by atoms with E-state index in [-0.39, 0.29) is 6.10 Å². The van der Waals surface area contributed by atoms with Crippen molar-refractivity contribution in [2.75, 3.05) is 19.6 Å². The van der Waals surface area contributed by atoms with E-state index in [2.05, 4.69) is 62.2 Å². The van der Waals surface area contributed by atoms with Gasteiger partial charge < -0.3 is 10.1 Å². The molecule has 2 atom stereocenters. The Kier molecular flexibility index (Phi) is 6.07. The van der Waals surface area contributed by atoms with Gasteiger partial charge in [-0.1, -0.05) is 12.1 Å². The molecule has 1 aliphatic heterocycles. The first-order valence-electron chi connectivity index (χ1n) is 8.30. The molecule has 118 valence electrons. The third-order valence-electron chi connectivity index (χ3n) is 4.24. The minimum Gasteiger partial charge on any atom is -0.491 e. The number of hydrogen-bond donors (Lipinski definition) is 1. The van der Waals surface area contributed by atoms with Crippen LogP contribution in [-0.2, 0) is 0 Å². The van der Waals surface area contributed by atoms with Gasteiger partial charge in [-0.25, -0.2) is 0 Å². The highest BCUT2D eigenvalue weighted by Gasteiger charge is 2.18. The zero-order valence-electron chi connectivity index (χ0n) is 13.9. The summed E-state index contributed by atoms with van der Waals surface area (Å²) in [6.07, 6.45) is 2.95. The fourth-order valence-electron chi connectivity index (χ4n) is 2.88. The van der Waals surface area contributed by atoms with Crippen LogP contribution in [0.5, 0.6) is 5.75 Å². The zero-order valence-corrected chi connectivity index (χ0v) is 13.9. The van der Waals surface area contributed by atoms with Crippen LogP contribution in [0.2, 0.25) is 0 Å². The fourth-order valence-corrected chi connectivity index (χ4v) is 2.88. The summed E-state index contributed by atoms with van der Waals surface area (Å²) in [6, 6.07) is 9.46. The number of nitrogens with one attached hydrogen (secondary N) is 1. The van der Waals surface area contributed by atoms with Crippen LogP contribution >= 0.6 is 0 Å². The minimum atomic E-state index is 0.229. The van der Waals surface area contributed by atoms with Crippen molar-refractivity contribution in [3.05, 3.63) is 29.8 Å². The Labute approximate surface area is 129 Å². The molecule has 1 aromatic rings. The smallest absolute Gasteiger partial charge is 0.119 e. The SMILES string of the molecule is CC(C)Oc1ccc(C(C)NCC(C)N2CCCC2)cc1. The zero-order chi connectivity index (χ0) is 15.2. The number of hydrogen-bond acceptors (Lipinski definition) is 3. The molecule has 0 aliphatic carbocycles. The van der Waals surface area contributed by atoms with Crippen molar-refractivity contribution in [2.24, 2.45) is 0 Å². The molecule has 0 aromatic heterocycles. The highest BCUT2D eigenvalue weighted by molar-refractivity contribution is 5.29. The van der Waals surface area contributed by atoms with Crippen LogP contribution < -0.4 is 10.1 Å². The number of benzene rings is 1. The summed E-state index contributed by atoms with van der Waals surface area (Å²) in [7, 11) is 0. The largest absolute Gasteiger partial charge is 0.491 e. The number of likely N-dealkylation sites (tertiary alicyclic amines) is 1. The van der Waals surface area contributed by atoms with Gasteiger partial charge in [-0.3, -0.25) is 4.90 Å². The van der Waals surface area contributed by atoms with Crippen LogP contribution in [0.15, 0.2) is 24.3 Å². The second-order valence-electron chi connectivity index (χ2n) is 6.46. The highest BCUT2D eigenvalue weighted by atomic mass is 16.5. The Morgan fingerprint density at radius 3 is 2.24 bits per heavy atom. The summed E-state index contributed by atoms with van der Waals surface area (Å²) >= 11 is 0. The van der Waals surface area contributed by atoms with Crippen molar-refractivity contribution in [2.45, 2.75) is 58.7 Å². The maximum atomic E-state index is 5.69. The van der Waals surface area contributed by atoms with E-state index in [9.17, 15) is 0 Å². The molecular weight excluding hydrogens is 260 g/mol. The summed E-state index contributed by atoms with van der Waals surface area (Å²) in [6.45, 7) is 12.2. The van der Waals surface area contributed by atoms with Gasteiger partial charge >= 0.3 is 0 Å². The van der Waals surface area contributed by atoms with E-state index in [1.807, 2.05) is 0 Å². The van der Waals surface area contributed by atoms with E-state index >= 15 is 0 Å². The van der Waals surface area contributed by atoms with Crippen LogP contribution in [0.25, 0.3) is 0 Å². The van der Waals surface area contributed by atoms with E-state index in [1.165, 1.54) is 31.5 Å². The summed E-state index contributed by atoms with van der Waals surface area (Å²) in [5, 5.41) is 3.65. The normalized spacial score (nSPS) is 18.9. The molecule has 1 N–H and O–H groups in total. The van der Waals surface area contributed by atoms with E-state index in [4.69, 9.17) is 4.74 Å². The van der Waals surface area contributed by atoms with E-state index in [0.29, 0.717) is 12.1 Å². The second-order valence-corrected chi connectivity index (χ2v) is 6.46. The second kappa shape index (κ2) is 7.81. The molecule has 3 heteroatoms. The Bertz CT molecular complexity index is 410. The molecule has 1 heterocycles. The maximum absolute atomic E-state index is 5.69. The van der Waals surface area contributed by atoms with Crippen LogP contribution in [0.1, 0.15) is 52.1 Å². The standard InChI is InChI=1S/C18H30N2O/c1-14(2)21-18-9-7-17(8-10-18)16(4)19-13-15(3)20-11-5-6-12-20/h7-10,14-16,19H,5-6,11-13H2,1-4H3. The minimum absolute atomic E-state index is 0.229. The lowest BCUT2D eigenvalue weighted by atomic mass is 10.1. The number of rotatable bonds is 7. The molecule has 1 aliphatic rings. The Morgan fingerprint density at radius 1 is 1.05 bits per heavy atom. The lowest BCUT2D eigenvalue weighted by Crippen LogP contribution is -2.39. The lowest BCUT2D eigenvalue weighted by molar-refractivity contribution is 0.242. The maximum Gasteiger partial charge on any atom is 0.119 e. The molecule has 1 saturated heterocycles. The van der Waals surface area contributed by atoms with Crippen molar-refractivity contribution in [1.82, 2.24) is 10.2 Å². The lowest BCUT2D eigenvalue weighted by Gasteiger charge is -2.26. The predicted molar refractivity (Wildman–Crippen MR) is 88.9 cm³/mol. The van der Waals surface area contributed by atoms with Gasteiger partial charge in [0.1, 0.15) is 5.75 Å². The molecule has 21 heavy (non-hydrogen) atoms. The van der Waals surface area contributed by atoms with Gasteiger partial charge in [-0.05, 0) is 71.3 Å². The summed E-state index contributed by atoms with van der Waals surface area (Å²) in [4.78, 5) is 2.58. The molecule has 0 radical (unpaired) electrons. The van der Waals surface area contributed by atoms with Crippen molar-refractivity contribution in [3.63, 3.8) is 0 Å². The van der Waals surface area contributed by atoms with Gasteiger partial charge in [0.2, 0.25) is 0 Å². The average Bonchev–Trinajstić information content (AvgIpc) is 2.99. The van der Waals surface area contributed by atoms with Crippen LogP contribution in [0, 0.1) is 0 Å². The summed E-state index contributed by atoms with van der Waals surface area (Å²) in [5.74, 6) is 0.950. The fraction of sp³-hybridized carbons (Fsp3) is 0.667. The van der Waals surface area contributed by atoms with Gasteiger partial charge in [0, 0.05) is 18.6 Å². The van der Waals surface area contributed by atoms with E-state index in [1.54, 1.807) is 0 Å². The monoisotopic (exact) mass is 290 g/mol. The summed E-state index contributed by atoms with van der Waals surface area (Å²) < 4.78 is 5.69. The van der Waals surface area contributed by atoms with Crippen molar-refractivity contribution in [1.29, 1.82) is 0 Å². The number of nitrogens with zero attached hydrogens (tertiary/aromatic N) is 1. The Morgan fingerprint density at radius 2 is 1.67 bits per heavy atom. The van der Waals surface area contributed by atoms with Gasteiger partial charge in [0.15, 0.2) is 0 Å². The number of ether oxygens (including phenoxy) is 1. The van der Waals surface area contributed by atoms with Gasteiger partial charge in [-0.2, -0.15) is 0 Å². The quantitative estimate of drug-likeness (QED) is 0.830. The summed E-state index contributed by atoms with van der Waals surface area (Å²) in [5.41, 5.74) is 1.32. The van der Waals surface area contributed by atoms with E-state index < -0.39 is 0 Å². The molecule has 1 fully saturated rings. The first kappa shape index (κ1) is 16.3. The highest BCUT2D eigenvalue weighted by Crippen LogP contribution is 2.19. The van der Waals surface area contributed by atoms with Crippen molar-refractivity contribution in [3.8, 4) is 5.75 Å². The Balaban J connectivity index is 1.80. The van der Waals surface area contributed by atoms with Gasteiger partial charge in [0.25, 0.3) is 0 Å². The molecule has 0 saturated carbocycles.